The van der Waals surface area contributed by atoms with E-state index in [1.807, 2.05) is 51.1 Å². The number of phenolic OH excluding ortho intramolecular Hbond substituents is 1. The Morgan fingerprint density at radius 1 is 1.08 bits per heavy atom. The van der Waals surface area contributed by atoms with Gasteiger partial charge in [-0.25, -0.2) is 0 Å². The van der Waals surface area contributed by atoms with E-state index < -0.39 is 0 Å². The number of rotatable bonds is 2. The minimum atomic E-state index is -0.317. The molecule has 1 heterocycles. The van der Waals surface area contributed by atoms with E-state index in [1.165, 1.54) is 17.2 Å². The maximum absolute atomic E-state index is 12.7. The van der Waals surface area contributed by atoms with Crippen LogP contribution in [0.1, 0.15) is 26.3 Å². The zero-order valence-electron chi connectivity index (χ0n) is 14.7. The van der Waals surface area contributed by atoms with Crippen LogP contribution in [0.25, 0.3) is 0 Å². The standard InChI is InChI=1S/C20H21NO4/c1-20(2,3)14-10-17-16(11-15(14)22)24-12-18(25-17)19(23)21(4)13-8-6-5-7-9-13/h5-12,22H,1-4H3. The van der Waals surface area contributed by atoms with Crippen molar-refractivity contribution in [3.63, 3.8) is 0 Å². The maximum Gasteiger partial charge on any atom is 0.297 e. The number of likely N-dealkylation sites (N-methyl/N-ethyl adjacent to an activating group) is 1. The topological polar surface area (TPSA) is 59.0 Å². The van der Waals surface area contributed by atoms with Crippen molar-refractivity contribution in [2.75, 3.05) is 11.9 Å². The van der Waals surface area contributed by atoms with Crippen LogP contribution in [0.15, 0.2) is 54.5 Å². The number of aromatic hydroxyl groups is 1. The summed E-state index contributed by atoms with van der Waals surface area (Å²) in [7, 11) is 1.68. The molecule has 0 fully saturated rings. The number of nitrogens with zero attached hydrogens (tertiary/aromatic N) is 1. The normalized spacial score (nSPS) is 13.2. The van der Waals surface area contributed by atoms with Crippen molar-refractivity contribution in [2.24, 2.45) is 0 Å². The molecule has 1 amide bonds. The smallest absolute Gasteiger partial charge is 0.297 e. The molecule has 1 aliphatic rings. The van der Waals surface area contributed by atoms with Crippen molar-refractivity contribution >= 4 is 11.6 Å². The van der Waals surface area contributed by atoms with Crippen LogP contribution in [0.2, 0.25) is 0 Å². The number of para-hydroxylation sites is 1. The monoisotopic (exact) mass is 339 g/mol. The predicted octanol–water partition coefficient (Wildman–Crippen LogP) is 3.97. The molecule has 0 aromatic heterocycles. The Balaban J connectivity index is 1.87. The van der Waals surface area contributed by atoms with E-state index in [4.69, 9.17) is 9.47 Å². The molecule has 5 nitrogen and oxygen atoms in total. The SMILES string of the molecule is CN(C(=O)C1=COc2cc(O)c(C(C)(C)C)cc2O1)c1ccccc1. The average molecular weight is 339 g/mol. The second kappa shape index (κ2) is 6.16. The molecule has 2 aromatic rings. The molecular weight excluding hydrogens is 318 g/mol. The summed E-state index contributed by atoms with van der Waals surface area (Å²) in [6.07, 6.45) is 1.26. The summed E-state index contributed by atoms with van der Waals surface area (Å²) in [5.74, 6) is 0.700. The van der Waals surface area contributed by atoms with Gasteiger partial charge in [0.2, 0.25) is 5.76 Å². The Kier molecular flexibility index (Phi) is 4.17. The van der Waals surface area contributed by atoms with Gasteiger partial charge in [0.1, 0.15) is 12.0 Å². The number of fused-ring (bicyclic) bond motifs is 1. The Hall–Kier alpha value is -2.95. The van der Waals surface area contributed by atoms with Gasteiger partial charge in [-0.3, -0.25) is 4.79 Å². The van der Waals surface area contributed by atoms with E-state index in [1.54, 1.807) is 13.1 Å². The van der Waals surface area contributed by atoms with E-state index >= 15 is 0 Å². The molecule has 130 valence electrons. The van der Waals surface area contributed by atoms with Gasteiger partial charge in [-0.15, -0.1) is 0 Å². The molecule has 0 aliphatic carbocycles. The summed E-state index contributed by atoms with van der Waals surface area (Å²) in [5.41, 5.74) is 1.21. The van der Waals surface area contributed by atoms with Crippen LogP contribution in [-0.2, 0) is 10.2 Å². The minimum absolute atomic E-state index is 0.0874. The Labute approximate surface area is 147 Å². The zero-order chi connectivity index (χ0) is 18.2. The second-order valence-electron chi connectivity index (χ2n) is 6.97. The first kappa shape index (κ1) is 16.9. The average Bonchev–Trinajstić information content (AvgIpc) is 2.59. The van der Waals surface area contributed by atoms with E-state index in [2.05, 4.69) is 0 Å². The van der Waals surface area contributed by atoms with Crippen LogP contribution >= 0.6 is 0 Å². The van der Waals surface area contributed by atoms with Gasteiger partial charge in [0.25, 0.3) is 5.91 Å². The van der Waals surface area contributed by atoms with Gasteiger partial charge in [-0.2, -0.15) is 0 Å². The summed E-state index contributed by atoms with van der Waals surface area (Å²) >= 11 is 0. The number of hydrogen-bond acceptors (Lipinski definition) is 4. The van der Waals surface area contributed by atoms with E-state index in [-0.39, 0.29) is 22.8 Å². The molecule has 0 saturated heterocycles. The third-order valence-corrected chi connectivity index (χ3v) is 4.04. The Bertz CT molecular complexity index is 835. The van der Waals surface area contributed by atoms with Crippen molar-refractivity contribution < 1.29 is 19.4 Å². The summed E-state index contributed by atoms with van der Waals surface area (Å²) < 4.78 is 11.3. The number of hydrogen-bond donors (Lipinski definition) is 1. The van der Waals surface area contributed by atoms with E-state index in [0.29, 0.717) is 11.5 Å². The van der Waals surface area contributed by atoms with Crippen LogP contribution in [-0.4, -0.2) is 18.1 Å². The molecule has 0 saturated carbocycles. The van der Waals surface area contributed by atoms with E-state index in [9.17, 15) is 9.90 Å². The van der Waals surface area contributed by atoms with Gasteiger partial charge < -0.3 is 19.5 Å². The molecule has 0 unspecified atom stereocenters. The van der Waals surface area contributed by atoms with Gasteiger partial charge in [0, 0.05) is 24.4 Å². The van der Waals surface area contributed by atoms with Crippen molar-refractivity contribution in [2.45, 2.75) is 26.2 Å². The highest BCUT2D eigenvalue weighted by atomic mass is 16.6. The lowest BCUT2D eigenvalue weighted by atomic mass is 9.86. The molecule has 3 rings (SSSR count). The highest BCUT2D eigenvalue weighted by molar-refractivity contribution is 6.04. The lowest BCUT2D eigenvalue weighted by molar-refractivity contribution is -0.117. The van der Waals surface area contributed by atoms with Crippen molar-refractivity contribution in [3.05, 3.63) is 60.0 Å². The predicted molar refractivity (Wildman–Crippen MR) is 96.0 cm³/mol. The van der Waals surface area contributed by atoms with Crippen molar-refractivity contribution in [3.8, 4) is 17.2 Å². The molecule has 0 radical (unpaired) electrons. The van der Waals surface area contributed by atoms with Gasteiger partial charge in [0.15, 0.2) is 11.5 Å². The van der Waals surface area contributed by atoms with Crippen LogP contribution in [0.4, 0.5) is 5.69 Å². The van der Waals surface area contributed by atoms with Crippen molar-refractivity contribution in [1.29, 1.82) is 0 Å². The third kappa shape index (κ3) is 3.31. The summed E-state index contributed by atoms with van der Waals surface area (Å²) in [6.45, 7) is 5.97. The Morgan fingerprint density at radius 3 is 2.40 bits per heavy atom. The fraction of sp³-hybridized carbons (Fsp3) is 0.250. The molecular formula is C20H21NO4. The van der Waals surface area contributed by atoms with Crippen LogP contribution in [0, 0.1) is 0 Å². The minimum Gasteiger partial charge on any atom is -0.508 e. The number of ether oxygens (including phenoxy) is 2. The number of carbonyl (C=O) groups excluding carboxylic acids is 1. The van der Waals surface area contributed by atoms with Crippen LogP contribution < -0.4 is 14.4 Å². The molecule has 0 bridgehead atoms. The van der Waals surface area contributed by atoms with Crippen molar-refractivity contribution in [1.82, 2.24) is 0 Å². The molecule has 1 aliphatic heterocycles. The number of amides is 1. The molecule has 0 spiro atoms. The van der Waals surface area contributed by atoms with E-state index in [0.717, 1.165) is 11.3 Å². The number of carbonyl (C=O) groups is 1. The fourth-order valence-electron chi connectivity index (χ4n) is 2.61. The number of anilines is 1. The first-order chi connectivity index (χ1) is 11.8. The third-order valence-electron chi connectivity index (χ3n) is 4.04. The molecule has 1 N–H and O–H groups in total. The lowest BCUT2D eigenvalue weighted by Gasteiger charge is -2.25. The fourth-order valence-corrected chi connectivity index (χ4v) is 2.61. The quantitative estimate of drug-likeness (QED) is 0.899. The first-order valence-corrected chi connectivity index (χ1v) is 8.02. The van der Waals surface area contributed by atoms with Crippen LogP contribution in [0.3, 0.4) is 0 Å². The summed E-state index contributed by atoms with van der Waals surface area (Å²) in [4.78, 5) is 14.2. The summed E-state index contributed by atoms with van der Waals surface area (Å²) in [5, 5.41) is 10.2. The largest absolute Gasteiger partial charge is 0.508 e. The van der Waals surface area contributed by atoms with Gasteiger partial charge in [0.05, 0.1) is 0 Å². The highest BCUT2D eigenvalue weighted by Gasteiger charge is 2.27. The lowest BCUT2D eigenvalue weighted by Crippen LogP contribution is -2.31. The molecule has 5 heteroatoms. The number of benzene rings is 2. The second-order valence-corrected chi connectivity index (χ2v) is 6.97. The van der Waals surface area contributed by atoms with Gasteiger partial charge in [-0.05, 0) is 23.6 Å². The van der Waals surface area contributed by atoms with Gasteiger partial charge >= 0.3 is 0 Å². The zero-order valence-corrected chi connectivity index (χ0v) is 14.7. The summed E-state index contributed by atoms with van der Waals surface area (Å²) in [6, 6.07) is 12.5. The number of phenols is 1. The maximum atomic E-state index is 12.7. The molecule has 2 aromatic carbocycles. The molecule has 25 heavy (non-hydrogen) atoms. The first-order valence-electron chi connectivity index (χ1n) is 8.02. The van der Waals surface area contributed by atoms with Crippen LogP contribution in [0.5, 0.6) is 17.2 Å². The molecule has 0 atom stereocenters. The Morgan fingerprint density at radius 2 is 1.76 bits per heavy atom. The highest BCUT2D eigenvalue weighted by Crippen LogP contribution is 2.42. The van der Waals surface area contributed by atoms with Gasteiger partial charge in [-0.1, -0.05) is 39.0 Å².